The molecule has 0 aliphatic carbocycles. The number of carbonyl (C=O) groups is 1. The first-order chi connectivity index (χ1) is 12.8. The topological polar surface area (TPSA) is 64.0 Å². The van der Waals surface area contributed by atoms with Crippen molar-refractivity contribution < 1.29 is 18.0 Å². The molecule has 3 rings (SSSR count). The van der Waals surface area contributed by atoms with Gasteiger partial charge >= 0.3 is 6.18 Å². The molecule has 3 aromatic rings. The van der Waals surface area contributed by atoms with E-state index >= 15 is 0 Å². The molecule has 0 saturated heterocycles. The molecule has 27 heavy (non-hydrogen) atoms. The average molecular weight is 413 g/mol. The Labute approximate surface area is 160 Å². The minimum Gasteiger partial charge on any atom is -0.325 e. The number of alkyl halides is 3. The maximum absolute atomic E-state index is 12.7. The molecule has 0 aliphatic heterocycles. The van der Waals surface area contributed by atoms with Gasteiger partial charge in [0.2, 0.25) is 5.91 Å². The number of aromatic nitrogens is 2. The number of benzene rings is 1. The predicted molar refractivity (Wildman–Crippen MR) is 100 cm³/mol. The number of thiophene rings is 1. The molecule has 0 atom stereocenters. The number of nitrogens with one attached hydrogen (secondary N) is 1. The highest BCUT2D eigenvalue weighted by Gasteiger charge is 2.30. The zero-order chi connectivity index (χ0) is 19.6. The lowest BCUT2D eigenvalue weighted by molar-refractivity contribution is -0.137. The smallest absolute Gasteiger partial charge is 0.325 e. The molecule has 1 amide bonds. The predicted octanol–water partition coefficient (Wildman–Crippen LogP) is 4.23. The maximum Gasteiger partial charge on any atom is 0.416 e. The van der Waals surface area contributed by atoms with E-state index < -0.39 is 17.6 Å². The van der Waals surface area contributed by atoms with Gasteiger partial charge in [-0.2, -0.15) is 13.2 Å². The molecular formula is C17H14F3N3O2S2. The second-order valence-corrected chi connectivity index (χ2v) is 7.35. The largest absolute Gasteiger partial charge is 0.416 e. The van der Waals surface area contributed by atoms with Crippen LogP contribution in [0.15, 0.2) is 45.7 Å². The standard InChI is InChI=1S/C17H14F3N3O2S2/c1-2-23-15(25)14-12(6-7-26-14)22-16(23)27-9-13(24)21-11-5-3-4-10(8-11)17(18,19)20/h3-8H,2,9H2,1H3,(H,21,24). The third-order valence-electron chi connectivity index (χ3n) is 3.65. The summed E-state index contributed by atoms with van der Waals surface area (Å²) in [5.74, 6) is -0.570. The number of hydrogen-bond donors (Lipinski definition) is 1. The summed E-state index contributed by atoms with van der Waals surface area (Å²) in [7, 11) is 0. The van der Waals surface area contributed by atoms with Gasteiger partial charge in [0.25, 0.3) is 5.56 Å². The molecule has 1 N–H and O–H groups in total. The highest BCUT2D eigenvalue weighted by Crippen LogP contribution is 2.30. The first kappa shape index (κ1) is 19.4. The average Bonchev–Trinajstić information content (AvgIpc) is 3.08. The fourth-order valence-corrected chi connectivity index (χ4v) is 4.05. The molecule has 1 aromatic carbocycles. The Hall–Kier alpha value is -2.33. The second kappa shape index (κ2) is 7.73. The Kier molecular flexibility index (Phi) is 5.56. The van der Waals surface area contributed by atoms with Crippen molar-refractivity contribution in [3.63, 3.8) is 0 Å². The lowest BCUT2D eigenvalue weighted by Crippen LogP contribution is -2.22. The minimum atomic E-state index is -4.48. The van der Waals surface area contributed by atoms with Gasteiger partial charge in [-0.25, -0.2) is 4.98 Å². The molecule has 2 heterocycles. The van der Waals surface area contributed by atoms with E-state index in [1.165, 1.54) is 28.0 Å². The van der Waals surface area contributed by atoms with E-state index in [-0.39, 0.29) is 17.0 Å². The third kappa shape index (κ3) is 4.33. The van der Waals surface area contributed by atoms with Gasteiger partial charge in [0.1, 0.15) is 4.70 Å². The van der Waals surface area contributed by atoms with Crippen molar-refractivity contribution in [3.05, 3.63) is 51.6 Å². The van der Waals surface area contributed by atoms with Crippen LogP contribution in [0.4, 0.5) is 18.9 Å². The zero-order valence-electron chi connectivity index (χ0n) is 14.0. The van der Waals surface area contributed by atoms with Crippen molar-refractivity contribution >= 4 is 44.9 Å². The molecule has 10 heteroatoms. The Bertz CT molecular complexity index is 1040. The maximum atomic E-state index is 12.7. The summed E-state index contributed by atoms with van der Waals surface area (Å²) >= 11 is 2.37. The molecule has 0 saturated carbocycles. The van der Waals surface area contributed by atoms with Crippen molar-refractivity contribution in [2.45, 2.75) is 24.8 Å². The number of rotatable bonds is 5. The van der Waals surface area contributed by atoms with Crippen molar-refractivity contribution in [2.75, 3.05) is 11.1 Å². The lowest BCUT2D eigenvalue weighted by atomic mass is 10.2. The summed E-state index contributed by atoms with van der Waals surface area (Å²) in [6.45, 7) is 2.20. The van der Waals surface area contributed by atoms with Gasteiger partial charge in [-0.05, 0) is 36.6 Å². The van der Waals surface area contributed by atoms with Crippen molar-refractivity contribution in [2.24, 2.45) is 0 Å². The van der Waals surface area contributed by atoms with E-state index in [1.807, 2.05) is 0 Å². The van der Waals surface area contributed by atoms with Crippen LogP contribution < -0.4 is 10.9 Å². The number of fused-ring (bicyclic) bond motifs is 1. The van der Waals surface area contributed by atoms with E-state index in [2.05, 4.69) is 10.3 Å². The first-order valence-corrected chi connectivity index (χ1v) is 9.74. The quantitative estimate of drug-likeness (QED) is 0.502. The van der Waals surface area contributed by atoms with Crippen molar-refractivity contribution in [3.8, 4) is 0 Å². The van der Waals surface area contributed by atoms with Crippen LogP contribution in [0.2, 0.25) is 0 Å². The molecule has 0 radical (unpaired) electrons. The first-order valence-electron chi connectivity index (χ1n) is 7.87. The summed E-state index contributed by atoms with van der Waals surface area (Å²) in [4.78, 5) is 28.9. The van der Waals surface area contributed by atoms with Gasteiger partial charge in [0, 0.05) is 12.2 Å². The zero-order valence-corrected chi connectivity index (χ0v) is 15.7. The Balaban J connectivity index is 1.73. The Morgan fingerprint density at radius 1 is 1.33 bits per heavy atom. The third-order valence-corrected chi connectivity index (χ3v) is 5.52. The molecule has 0 aliphatic rings. The van der Waals surface area contributed by atoms with E-state index in [0.29, 0.717) is 21.9 Å². The highest BCUT2D eigenvalue weighted by molar-refractivity contribution is 7.99. The molecule has 0 bridgehead atoms. The van der Waals surface area contributed by atoms with Crippen LogP contribution in [0.1, 0.15) is 12.5 Å². The van der Waals surface area contributed by atoms with Gasteiger partial charge < -0.3 is 5.32 Å². The van der Waals surface area contributed by atoms with Crippen LogP contribution in [0.25, 0.3) is 10.2 Å². The Morgan fingerprint density at radius 2 is 2.11 bits per heavy atom. The molecule has 0 fully saturated rings. The Morgan fingerprint density at radius 3 is 2.81 bits per heavy atom. The molecule has 0 spiro atoms. The summed E-state index contributed by atoms with van der Waals surface area (Å²) < 4.78 is 40.2. The summed E-state index contributed by atoms with van der Waals surface area (Å²) in [6.07, 6.45) is -4.48. The van der Waals surface area contributed by atoms with Gasteiger partial charge in [0.05, 0.1) is 16.8 Å². The fraction of sp³-hybridized carbons (Fsp3) is 0.235. The minimum absolute atomic E-state index is 0.0598. The van der Waals surface area contributed by atoms with Crippen LogP contribution in [0.3, 0.4) is 0 Å². The van der Waals surface area contributed by atoms with E-state index in [9.17, 15) is 22.8 Å². The van der Waals surface area contributed by atoms with Crippen LogP contribution in [-0.2, 0) is 17.5 Å². The van der Waals surface area contributed by atoms with Gasteiger partial charge in [-0.3, -0.25) is 14.2 Å². The number of hydrogen-bond acceptors (Lipinski definition) is 5. The van der Waals surface area contributed by atoms with Crippen LogP contribution in [-0.4, -0.2) is 21.2 Å². The van der Waals surface area contributed by atoms with E-state index in [0.717, 1.165) is 23.9 Å². The molecule has 5 nitrogen and oxygen atoms in total. The van der Waals surface area contributed by atoms with Crippen molar-refractivity contribution in [1.29, 1.82) is 0 Å². The fourth-order valence-electron chi connectivity index (χ4n) is 2.41. The molecule has 0 unspecified atom stereocenters. The summed E-state index contributed by atoms with van der Waals surface area (Å²) in [6, 6.07) is 6.15. The van der Waals surface area contributed by atoms with Crippen molar-refractivity contribution in [1.82, 2.24) is 9.55 Å². The van der Waals surface area contributed by atoms with Gasteiger partial charge in [-0.15, -0.1) is 11.3 Å². The number of anilines is 1. The highest BCUT2D eigenvalue weighted by atomic mass is 32.2. The van der Waals surface area contributed by atoms with E-state index in [1.54, 1.807) is 18.4 Å². The molecular weight excluding hydrogens is 399 g/mol. The number of amides is 1. The monoisotopic (exact) mass is 413 g/mol. The van der Waals surface area contributed by atoms with Crippen LogP contribution in [0, 0.1) is 0 Å². The molecule has 142 valence electrons. The number of nitrogens with zero attached hydrogens (tertiary/aromatic N) is 2. The second-order valence-electron chi connectivity index (χ2n) is 5.49. The van der Waals surface area contributed by atoms with Crippen LogP contribution in [0.5, 0.6) is 0 Å². The van der Waals surface area contributed by atoms with Gasteiger partial charge in [0.15, 0.2) is 5.16 Å². The number of halogens is 3. The molecule has 2 aromatic heterocycles. The summed E-state index contributed by atoms with van der Waals surface area (Å²) in [5, 5.41) is 4.60. The van der Waals surface area contributed by atoms with Gasteiger partial charge in [-0.1, -0.05) is 17.8 Å². The van der Waals surface area contributed by atoms with Crippen LogP contribution >= 0.6 is 23.1 Å². The SMILES string of the molecule is CCn1c(SCC(=O)Nc2cccc(C(F)(F)F)c2)nc2ccsc2c1=O. The summed E-state index contributed by atoms with van der Waals surface area (Å²) in [5.41, 5.74) is -0.379. The number of carbonyl (C=O) groups excluding carboxylic acids is 1. The van der Waals surface area contributed by atoms with E-state index in [4.69, 9.17) is 0 Å². The lowest BCUT2D eigenvalue weighted by Gasteiger charge is -2.11. The number of thioether (sulfide) groups is 1. The normalized spacial score (nSPS) is 11.7.